The largest absolute Gasteiger partial charge is 0.416 e. The van der Waals surface area contributed by atoms with Gasteiger partial charge in [-0.05, 0) is 55.2 Å². The Morgan fingerprint density at radius 2 is 1.67 bits per heavy atom. The lowest BCUT2D eigenvalue weighted by atomic mass is 10.1. The van der Waals surface area contributed by atoms with Crippen LogP contribution < -0.4 is 9.62 Å². The first-order valence-electron chi connectivity index (χ1n) is 10.9. The van der Waals surface area contributed by atoms with Crippen LogP contribution in [0.5, 0.6) is 0 Å². The second-order valence-corrected chi connectivity index (χ2v) is 10.2. The van der Waals surface area contributed by atoms with Gasteiger partial charge in [0.15, 0.2) is 0 Å². The summed E-state index contributed by atoms with van der Waals surface area (Å²) < 4.78 is 66.0. The molecule has 0 spiro atoms. The van der Waals surface area contributed by atoms with E-state index in [4.69, 9.17) is 0 Å². The van der Waals surface area contributed by atoms with Crippen molar-refractivity contribution in [2.75, 3.05) is 31.1 Å². The second-order valence-electron chi connectivity index (χ2n) is 8.46. The molecule has 2 aromatic carbocycles. The number of sulfonamides is 1. The van der Waals surface area contributed by atoms with Crippen LogP contribution in [0, 0.1) is 0 Å². The normalized spacial score (nSPS) is 17.3. The minimum atomic E-state index is -4.39. The third kappa shape index (κ3) is 6.05. The van der Waals surface area contributed by atoms with Crippen molar-refractivity contribution in [3.05, 3.63) is 59.7 Å². The van der Waals surface area contributed by atoms with Crippen LogP contribution in [0.15, 0.2) is 53.4 Å². The van der Waals surface area contributed by atoms with Crippen LogP contribution in [0.4, 0.5) is 18.9 Å². The van der Waals surface area contributed by atoms with Gasteiger partial charge in [0.05, 0.1) is 10.5 Å². The Bertz CT molecular complexity index is 1090. The molecule has 2 aliphatic rings. The number of benzene rings is 2. The summed E-state index contributed by atoms with van der Waals surface area (Å²) in [6, 6.07) is 11.8. The molecule has 1 amide bonds. The number of hydrogen-bond donors (Lipinski definition) is 1. The van der Waals surface area contributed by atoms with Crippen molar-refractivity contribution >= 4 is 21.6 Å². The summed E-state index contributed by atoms with van der Waals surface area (Å²) in [6.45, 7) is 1.82. The van der Waals surface area contributed by atoms with Crippen LogP contribution in [0.25, 0.3) is 0 Å². The number of rotatable bonds is 7. The zero-order valence-electron chi connectivity index (χ0n) is 18.0. The maximum atomic E-state index is 13.0. The molecule has 6 nitrogen and oxygen atoms in total. The molecule has 1 aliphatic carbocycles. The van der Waals surface area contributed by atoms with Crippen LogP contribution in [-0.2, 0) is 27.4 Å². The van der Waals surface area contributed by atoms with E-state index < -0.39 is 21.8 Å². The maximum Gasteiger partial charge on any atom is 0.416 e. The summed E-state index contributed by atoms with van der Waals surface area (Å²) in [7, 11) is -3.49. The molecule has 0 unspecified atom stereocenters. The third-order valence-electron chi connectivity index (χ3n) is 5.93. The molecule has 1 aliphatic heterocycles. The van der Waals surface area contributed by atoms with Gasteiger partial charge in [-0.15, -0.1) is 0 Å². The zero-order chi connectivity index (χ0) is 23.6. The molecule has 10 heteroatoms. The Morgan fingerprint density at radius 3 is 2.27 bits per heavy atom. The van der Waals surface area contributed by atoms with Crippen molar-refractivity contribution in [3.8, 4) is 0 Å². The van der Waals surface area contributed by atoms with Gasteiger partial charge in [-0.1, -0.05) is 18.2 Å². The van der Waals surface area contributed by atoms with E-state index in [0.29, 0.717) is 38.3 Å². The standard InChI is InChI=1S/C23H26F3N3O3S/c24-23(25,26)18-2-1-3-20(16-18)28-12-14-29(15-13-28)22(30)11-6-17-4-9-21(10-5-17)33(31,32)27-19-7-8-19/h1-5,9-10,16,19,27H,6-8,11-15H2. The number of amides is 1. The molecular formula is C23H26F3N3O3S. The number of nitrogens with one attached hydrogen (secondary N) is 1. The first kappa shape index (κ1) is 23.6. The van der Waals surface area contributed by atoms with Crippen molar-refractivity contribution in [1.82, 2.24) is 9.62 Å². The van der Waals surface area contributed by atoms with Gasteiger partial charge in [-0.25, -0.2) is 13.1 Å². The molecule has 33 heavy (non-hydrogen) atoms. The fourth-order valence-electron chi connectivity index (χ4n) is 3.83. The molecule has 2 aromatic rings. The fourth-order valence-corrected chi connectivity index (χ4v) is 5.13. The van der Waals surface area contributed by atoms with Gasteiger partial charge >= 0.3 is 6.18 Å². The Hall–Kier alpha value is -2.59. The fraction of sp³-hybridized carbons (Fsp3) is 0.435. The molecular weight excluding hydrogens is 455 g/mol. The highest BCUT2D eigenvalue weighted by Crippen LogP contribution is 2.32. The van der Waals surface area contributed by atoms with E-state index in [9.17, 15) is 26.4 Å². The Labute approximate surface area is 191 Å². The second kappa shape index (κ2) is 9.34. The van der Waals surface area contributed by atoms with Crippen LogP contribution in [0.3, 0.4) is 0 Å². The van der Waals surface area contributed by atoms with E-state index in [1.807, 2.05) is 4.90 Å². The highest BCUT2D eigenvalue weighted by Gasteiger charge is 2.31. The van der Waals surface area contributed by atoms with Crippen molar-refractivity contribution in [1.29, 1.82) is 0 Å². The van der Waals surface area contributed by atoms with E-state index in [1.54, 1.807) is 35.2 Å². The first-order chi connectivity index (χ1) is 15.6. The van der Waals surface area contributed by atoms with Crippen molar-refractivity contribution in [2.24, 2.45) is 0 Å². The Morgan fingerprint density at radius 1 is 1.00 bits per heavy atom. The van der Waals surface area contributed by atoms with Gasteiger partial charge in [0, 0.05) is 44.3 Å². The lowest BCUT2D eigenvalue weighted by molar-refractivity contribution is -0.137. The van der Waals surface area contributed by atoms with Crippen molar-refractivity contribution in [3.63, 3.8) is 0 Å². The highest BCUT2D eigenvalue weighted by atomic mass is 32.2. The highest BCUT2D eigenvalue weighted by molar-refractivity contribution is 7.89. The molecule has 1 saturated heterocycles. The minimum absolute atomic E-state index is 0.0224. The smallest absolute Gasteiger partial charge is 0.368 e. The number of carbonyl (C=O) groups is 1. The Kier molecular flexibility index (Phi) is 6.67. The van der Waals surface area contributed by atoms with E-state index >= 15 is 0 Å². The monoisotopic (exact) mass is 481 g/mol. The topological polar surface area (TPSA) is 69.7 Å². The number of halogens is 3. The number of anilines is 1. The van der Waals surface area contributed by atoms with Crippen LogP contribution in [-0.4, -0.2) is 51.4 Å². The number of alkyl halides is 3. The zero-order valence-corrected chi connectivity index (χ0v) is 18.8. The van der Waals surface area contributed by atoms with Gasteiger partial charge in [-0.3, -0.25) is 4.79 Å². The van der Waals surface area contributed by atoms with Gasteiger partial charge in [0.25, 0.3) is 0 Å². The van der Waals surface area contributed by atoms with Crippen molar-refractivity contribution in [2.45, 2.75) is 42.8 Å². The number of carbonyl (C=O) groups excluding carboxylic acids is 1. The van der Waals surface area contributed by atoms with Gasteiger partial charge in [0.2, 0.25) is 15.9 Å². The van der Waals surface area contributed by atoms with Crippen LogP contribution >= 0.6 is 0 Å². The average Bonchev–Trinajstić information content (AvgIpc) is 3.61. The molecule has 2 fully saturated rings. The van der Waals surface area contributed by atoms with Gasteiger partial charge in [0.1, 0.15) is 0 Å². The lowest BCUT2D eigenvalue weighted by Crippen LogP contribution is -2.48. The number of nitrogens with zero attached hydrogens (tertiary/aromatic N) is 2. The quantitative estimate of drug-likeness (QED) is 0.658. The molecule has 1 saturated carbocycles. The summed E-state index contributed by atoms with van der Waals surface area (Å²) in [5, 5.41) is 0. The van der Waals surface area contributed by atoms with Crippen LogP contribution in [0.2, 0.25) is 0 Å². The molecule has 0 atom stereocenters. The molecule has 1 heterocycles. The van der Waals surface area contributed by atoms with Gasteiger partial charge in [-0.2, -0.15) is 13.2 Å². The predicted octanol–water partition coefficient (Wildman–Crippen LogP) is 3.43. The molecule has 0 aromatic heterocycles. The van der Waals surface area contributed by atoms with Crippen LogP contribution in [0.1, 0.15) is 30.4 Å². The van der Waals surface area contributed by atoms with Gasteiger partial charge < -0.3 is 9.80 Å². The van der Waals surface area contributed by atoms with Crippen molar-refractivity contribution < 1.29 is 26.4 Å². The summed E-state index contributed by atoms with van der Waals surface area (Å²) in [5.74, 6) is -0.0224. The minimum Gasteiger partial charge on any atom is -0.368 e. The number of piperazine rings is 1. The predicted molar refractivity (Wildman–Crippen MR) is 118 cm³/mol. The third-order valence-corrected chi connectivity index (χ3v) is 7.47. The summed E-state index contributed by atoms with van der Waals surface area (Å²) in [4.78, 5) is 16.4. The summed E-state index contributed by atoms with van der Waals surface area (Å²) in [6.07, 6.45) is -1.87. The molecule has 1 N–H and O–H groups in total. The van der Waals surface area contributed by atoms with E-state index in [0.717, 1.165) is 30.5 Å². The summed E-state index contributed by atoms with van der Waals surface area (Å²) >= 11 is 0. The van der Waals surface area contributed by atoms with E-state index in [-0.39, 0.29) is 23.3 Å². The molecule has 0 radical (unpaired) electrons. The lowest BCUT2D eigenvalue weighted by Gasteiger charge is -2.36. The van der Waals surface area contributed by atoms with E-state index in [2.05, 4.69) is 4.72 Å². The SMILES string of the molecule is O=C(CCc1ccc(S(=O)(=O)NC2CC2)cc1)N1CCN(c2cccc(C(F)(F)F)c2)CC1. The summed E-state index contributed by atoms with van der Waals surface area (Å²) in [5.41, 5.74) is 0.695. The molecule has 4 rings (SSSR count). The number of aryl methyl sites for hydroxylation is 1. The molecule has 178 valence electrons. The Balaban J connectivity index is 1.26. The maximum absolute atomic E-state index is 13.0. The average molecular weight is 482 g/mol. The van der Waals surface area contributed by atoms with E-state index in [1.165, 1.54) is 6.07 Å². The molecule has 0 bridgehead atoms. The number of hydrogen-bond acceptors (Lipinski definition) is 4. The first-order valence-corrected chi connectivity index (χ1v) is 12.4.